The Morgan fingerprint density at radius 2 is 1.80 bits per heavy atom. The van der Waals surface area contributed by atoms with E-state index < -0.39 is 16.8 Å². The largest absolute Gasteiger partial charge is 0.379 e. The summed E-state index contributed by atoms with van der Waals surface area (Å²) in [6, 6.07) is 4.70. The van der Waals surface area contributed by atoms with Gasteiger partial charge in [-0.15, -0.1) is 0 Å². The molecular formula is C13H19FO5S. The van der Waals surface area contributed by atoms with Crippen molar-refractivity contribution in [3.8, 4) is 0 Å². The minimum absolute atomic E-state index is 0.0497. The molecule has 0 saturated heterocycles. The lowest BCUT2D eigenvalue weighted by Gasteiger charge is -2.09. The molecule has 20 heavy (non-hydrogen) atoms. The second kappa shape index (κ2) is 8.31. The number of ether oxygens (including phenoxy) is 2. The number of halogens is 1. The molecule has 7 heteroatoms. The highest BCUT2D eigenvalue weighted by Crippen LogP contribution is 2.17. The van der Waals surface area contributed by atoms with Gasteiger partial charge in [-0.2, -0.15) is 8.42 Å². The lowest BCUT2D eigenvalue weighted by Crippen LogP contribution is -2.10. The van der Waals surface area contributed by atoms with Crippen LogP contribution in [-0.4, -0.2) is 46.1 Å². The Hall–Kier alpha value is -1.02. The Labute approximate surface area is 118 Å². The topological polar surface area (TPSA) is 72.8 Å². The summed E-state index contributed by atoms with van der Waals surface area (Å²) in [5, 5.41) is 0. The van der Waals surface area contributed by atoms with E-state index in [0.29, 0.717) is 31.8 Å². The molecule has 0 bridgehead atoms. The van der Waals surface area contributed by atoms with Crippen LogP contribution < -0.4 is 0 Å². The molecule has 0 radical (unpaired) electrons. The third kappa shape index (κ3) is 5.96. The van der Waals surface area contributed by atoms with E-state index in [-0.39, 0.29) is 11.5 Å². The SMILES string of the molecule is Cc1ccc(S(=O)(=O)O)c(CCOCCOCCF)c1. The van der Waals surface area contributed by atoms with Crippen LogP contribution in [0.5, 0.6) is 0 Å². The van der Waals surface area contributed by atoms with Crippen LogP contribution in [0.25, 0.3) is 0 Å². The molecule has 0 heterocycles. The molecule has 0 aliphatic heterocycles. The molecule has 0 aliphatic rings. The third-order valence-corrected chi connectivity index (χ3v) is 3.56. The Morgan fingerprint density at radius 3 is 2.40 bits per heavy atom. The predicted octanol–water partition coefficient (Wildman–Crippen LogP) is 1.79. The Bertz CT molecular complexity index is 515. The van der Waals surface area contributed by atoms with E-state index in [1.54, 1.807) is 12.1 Å². The normalized spacial score (nSPS) is 11.8. The monoisotopic (exact) mass is 306 g/mol. The summed E-state index contributed by atoms with van der Waals surface area (Å²) in [5.74, 6) is 0. The van der Waals surface area contributed by atoms with Gasteiger partial charge in [0.2, 0.25) is 0 Å². The van der Waals surface area contributed by atoms with Gasteiger partial charge in [-0.1, -0.05) is 17.7 Å². The van der Waals surface area contributed by atoms with Crippen molar-refractivity contribution < 1.29 is 26.8 Å². The predicted molar refractivity (Wildman–Crippen MR) is 72.3 cm³/mol. The molecule has 1 N–H and O–H groups in total. The summed E-state index contributed by atoms with van der Waals surface area (Å²) in [6.45, 7) is 2.26. The summed E-state index contributed by atoms with van der Waals surface area (Å²) in [7, 11) is -4.23. The van der Waals surface area contributed by atoms with Gasteiger partial charge in [0.05, 0.1) is 31.3 Å². The zero-order valence-corrected chi connectivity index (χ0v) is 12.2. The van der Waals surface area contributed by atoms with Gasteiger partial charge in [0.25, 0.3) is 10.1 Å². The molecule has 114 valence electrons. The molecule has 5 nitrogen and oxygen atoms in total. The minimum atomic E-state index is -4.23. The first-order valence-corrected chi connectivity index (χ1v) is 7.67. The summed E-state index contributed by atoms with van der Waals surface area (Å²) in [6.07, 6.45) is 0.361. The van der Waals surface area contributed by atoms with E-state index in [2.05, 4.69) is 0 Å². The van der Waals surface area contributed by atoms with E-state index in [4.69, 9.17) is 14.0 Å². The van der Waals surface area contributed by atoms with Crippen LogP contribution in [0.1, 0.15) is 11.1 Å². The van der Waals surface area contributed by atoms with Gasteiger partial charge in [-0.3, -0.25) is 4.55 Å². The Balaban J connectivity index is 2.49. The molecule has 1 aromatic rings. The van der Waals surface area contributed by atoms with E-state index in [1.165, 1.54) is 6.07 Å². The van der Waals surface area contributed by atoms with Gasteiger partial charge in [0.1, 0.15) is 6.67 Å². The number of aryl methyl sites for hydroxylation is 1. The maximum absolute atomic E-state index is 11.7. The zero-order valence-electron chi connectivity index (χ0n) is 11.3. The van der Waals surface area contributed by atoms with Gasteiger partial charge in [-0.05, 0) is 25.0 Å². The molecule has 0 unspecified atom stereocenters. The van der Waals surface area contributed by atoms with Crippen LogP contribution in [0, 0.1) is 6.92 Å². The van der Waals surface area contributed by atoms with Crippen LogP contribution >= 0.6 is 0 Å². The van der Waals surface area contributed by atoms with Gasteiger partial charge >= 0.3 is 0 Å². The third-order valence-electron chi connectivity index (χ3n) is 2.60. The van der Waals surface area contributed by atoms with E-state index >= 15 is 0 Å². The molecule has 0 spiro atoms. The van der Waals surface area contributed by atoms with Crippen molar-refractivity contribution in [3.63, 3.8) is 0 Å². The number of hydrogen-bond donors (Lipinski definition) is 1. The molecule has 0 aromatic heterocycles. The van der Waals surface area contributed by atoms with Crippen molar-refractivity contribution in [2.45, 2.75) is 18.2 Å². The first kappa shape index (κ1) is 17.0. The fraction of sp³-hybridized carbons (Fsp3) is 0.538. The summed E-state index contributed by atoms with van der Waals surface area (Å²) >= 11 is 0. The van der Waals surface area contributed by atoms with Crippen molar-refractivity contribution in [2.24, 2.45) is 0 Å². The van der Waals surface area contributed by atoms with Crippen molar-refractivity contribution in [1.82, 2.24) is 0 Å². The van der Waals surface area contributed by atoms with Crippen LogP contribution in [-0.2, 0) is 26.0 Å². The highest BCUT2D eigenvalue weighted by molar-refractivity contribution is 7.85. The van der Waals surface area contributed by atoms with Crippen molar-refractivity contribution >= 4 is 10.1 Å². The van der Waals surface area contributed by atoms with Crippen LogP contribution in [0.3, 0.4) is 0 Å². The maximum atomic E-state index is 11.7. The molecule has 1 aromatic carbocycles. The average Bonchev–Trinajstić information content (AvgIpc) is 2.36. The second-order valence-corrected chi connectivity index (χ2v) is 5.64. The molecular weight excluding hydrogens is 287 g/mol. The first-order chi connectivity index (χ1) is 9.45. The number of alkyl halides is 1. The van der Waals surface area contributed by atoms with Gasteiger partial charge < -0.3 is 9.47 Å². The summed E-state index contributed by atoms with van der Waals surface area (Å²) in [5.41, 5.74) is 1.41. The van der Waals surface area contributed by atoms with Crippen molar-refractivity contribution in [1.29, 1.82) is 0 Å². The van der Waals surface area contributed by atoms with E-state index in [9.17, 15) is 12.8 Å². The lowest BCUT2D eigenvalue weighted by atomic mass is 10.1. The quantitative estimate of drug-likeness (QED) is 0.556. The number of hydrogen-bond acceptors (Lipinski definition) is 4. The van der Waals surface area contributed by atoms with Crippen LogP contribution in [0.4, 0.5) is 4.39 Å². The highest BCUT2D eigenvalue weighted by Gasteiger charge is 2.14. The maximum Gasteiger partial charge on any atom is 0.294 e. The fourth-order valence-corrected chi connectivity index (χ4v) is 2.45. The van der Waals surface area contributed by atoms with E-state index in [1.807, 2.05) is 6.92 Å². The van der Waals surface area contributed by atoms with Crippen LogP contribution in [0.2, 0.25) is 0 Å². The summed E-state index contributed by atoms with van der Waals surface area (Å²) in [4.78, 5) is -0.0969. The number of rotatable bonds is 9. The van der Waals surface area contributed by atoms with E-state index in [0.717, 1.165) is 5.56 Å². The van der Waals surface area contributed by atoms with Crippen LogP contribution in [0.15, 0.2) is 23.1 Å². The molecule has 0 amide bonds. The number of benzene rings is 1. The van der Waals surface area contributed by atoms with Crippen molar-refractivity contribution in [2.75, 3.05) is 33.1 Å². The van der Waals surface area contributed by atoms with Gasteiger partial charge in [0.15, 0.2) is 0 Å². The average molecular weight is 306 g/mol. The summed E-state index contributed by atoms with van der Waals surface area (Å²) < 4.78 is 53.5. The highest BCUT2D eigenvalue weighted by atomic mass is 32.2. The standard InChI is InChI=1S/C13H19FO5S/c1-11-2-3-13(20(15,16)17)12(10-11)4-6-18-8-9-19-7-5-14/h2-3,10H,4-9H2,1H3,(H,15,16,17). The molecule has 1 rings (SSSR count). The smallest absolute Gasteiger partial charge is 0.294 e. The minimum Gasteiger partial charge on any atom is -0.379 e. The second-order valence-electron chi connectivity index (χ2n) is 4.25. The molecule has 0 aliphatic carbocycles. The Morgan fingerprint density at radius 1 is 1.15 bits per heavy atom. The van der Waals surface area contributed by atoms with Gasteiger partial charge in [-0.25, -0.2) is 4.39 Å². The molecule has 0 fully saturated rings. The first-order valence-electron chi connectivity index (χ1n) is 6.23. The van der Waals surface area contributed by atoms with Gasteiger partial charge in [0, 0.05) is 0 Å². The fourth-order valence-electron chi connectivity index (χ4n) is 1.71. The Kier molecular flexibility index (Phi) is 7.08. The van der Waals surface area contributed by atoms with Crippen molar-refractivity contribution in [3.05, 3.63) is 29.3 Å². The molecule has 0 atom stereocenters. The molecule has 0 saturated carbocycles. The lowest BCUT2D eigenvalue weighted by molar-refractivity contribution is 0.0438. The zero-order chi connectivity index (χ0) is 15.0.